The fourth-order valence-electron chi connectivity index (χ4n) is 2.25. The minimum absolute atomic E-state index is 0.145. The van der Waals surface area contributed by atoms with E-state index in [-0.39, 0.29) is 12.1 Å². The molecule has 78 valence electrons. The number of nitrogens with one attached hydrogen (secondary N) is 1. The third-order valence-electron chi connectivity index (χ3n) is 3.01. The molecule has 1 unspecified atom stereocenters. The van der Waals surface area contributed by atoms with Crippen molar-refractivity contribution in [1.29, 1.82) is 0 Å². The molecule has 0 saturated carbocycles. The normalized spacial score (nSPS) is 28.1. The first-order chi connectivity index (χ1) is 7.36. The van der Waals surface area contributed by atoms with Crippen molar-refractivity contribution in [2.24, 2.45) is 0 Å². The zero-order valence-electron chi connectivity index (χ0n) is 8.39. The zero-order valence-corrected chi connectivity index (χ0v) is 8.39. The lowest BCUT2D eigenvalue weighted by Crippen LogP contribution is -2.43. The Hall–Kier alpha value is -1.71. The molecule has 1 N–H and O–H groups in total. The summed E-state index contributed by atoms with van der Waals surface area (Å²) in [4.78, 5) is 16.1. The summed E-state index contributed by atoms with van der Waals surface area (Å²) < 4.78 is 0. The molecule has 0 amide bonds. The smallest absolute Gasteiger partial charge is 0.182 e. The standard InChI is InChI=1S/C11H13N3O/c15-10-4-2-1-3-9(10)14-8-7-13-6-5-12-11(13)14/h1-3,5-6,11-12H,4,7-8H2. The number of ketones is 1. The van der Waals surface area contributed by atoms with Gasteiger partial charge in [-0.3, -0.25) is 4.79 Å². The second kappa shape index (κ2) is 3.15. The average molecular weight is 203 g/mol. The molecule has 0 bridgehead atoms. The van der Waals surface area contributed by atoms with Crippen molar-refractivity contribution in [3.05, 3.63) is 36.3 Å². The second-order valence-electron chi connectivity index (χ2n) is 3.89. The molecule has 15 heavy (non-hydrogen) atoms. The van der Waals surface area contributed by atoms with Gasteiger partial charge in [-0.2, -0.15) is 0 Å². The summed E-state index contributed by atoms with van der Waals surface area (Å²) >= 11 is 0. The van der Waals surface area contributed by atoms with Gasteiger partial charge in [0.15, 0.2) is 12.1 Å². The summed E-state index contributed by atoms with van der Waals surface area (Å²) in [7, 11) is 0. The Balaban J connectivity index is 1.86. The summed E-state index contributed by atoms with van der Waals surface area (Å²) in [5.74, 6) is 0.216. The van der Waals surface area contributed by atoms with Gasteiger partial charge in [-0.05, 0) is 6.08 Å². The van der Waals surface area contributed by atoms with Crippen LogP contribution in [-0.2, 0) is 4.79 Å². The first kappa shape index (κ1) is 8.59. The van der Waals surface area contributed by atoms with Crippen molar-refractivity contribution in [1.82, 2.24) is 15.1 Å². The Kier molecular flexibility index (Phi) is 1.80. The van der Waals surface area contributed by atoms with Gasteiger partial charge in [0, 0.05) is 31.9 Å². The van der Waals surface area contributed by atoms with E-state index in [1.807, 2.05) is 30.6 Å². The number of nitrogens with zero attached hydrogens (tertiary/aromatic N) is 2. The largest absolute Gasteiger partial charge is 0.353 e. The molecule has 4 heteroatoms. The molecule has 0 aromatic rings. The van der Waals surface area contributed by atoms with Crippen LogP contribution in [0.2, 0.25) is 0 Å². The van der Waals surface area contributed by atoms with Gasteiger partial charge >= 0.3 is 0 Å². The molecule has 1 saturated heterocycles. The molecular formula is C11H13N3O. The van der Waals surface area contributed by atoms with Gasteiger partial charge in [0.2, 0.25) is 0 Å². The number of rotatable bonds is 1. The van der Waals surface area contributed by atoms with Crippen molar-refractivity contribution in [3.63, 3.8) is 0 Å². The van der Waals surface area contributed by atoms with Gasteiger partial charge in [0.25, 0.3) is 0 Å². The Labute approximate surface area is 88.5 Å². The molecule has 2 heterocycles. The van der Waals surface area contributed by atoms with Gasteiger partial charge in [-0.25, -0.2) is 0 Å². The molecule has 1 fully saturated rings. The maximum atomic E-state index is 11.7. The first-order valence-electron chi connectivity index (χ1n) is 5.21. The van der Waals surface area contributed by atoms with Crippen LogP contribution in [0.3, 0.4) is 0 Å². The van der Waals surface area contributed by atoms with Crippen LogP contribution in [-0.4, -0.2) is 35.0 Å². The van der Waals surface area contributed by atoms with E-state index < -0.39 is 0 Å². The van der Waals surface area contributed by atoms with E-state index >= 15 is 0 Å². The lowest BCUT2D eigenvalue weighted by molar-refractivity contribution is -0.116. The van der Waals surface area contributed by atoms with Crippen LogP contribution < -0.4 is 5.32 Å². The monoisotopic (exact) mass is 203 g/mol. The molecule has 3 rings (SSSR count). The van der Waals surface area contributed by atoms with Crippen LogP contribution in [0, 0.1) is 0 Å². The molecule has 0 aromatic carbocycles. The van der Waals surface area contributed by atoms with Crippen LogP contribution in [0.15, 0.2) is 36.3 Å². The molecule has 4 nitrogen and oxygen atoms in total. The van der Waals surface area contributed by atoms with Crippen molar-refractivity contribution >= 4 is 5.78 Å². The van der Waals surface area contributed by atoms with Crippen molar-refractivity contribution in [2.45, 2.75) is 12.7 Å². The lowest BCUT2D eigenvalue weighted by atomic mass is 10.1. The molecule has 0 radical (unpaired) electrons. The quantitative estimate of drug-likeness (QED) is 0.668. The minimum Gasteiger partial charge on any atom is -0.353 e. The number of allylic oxidation sites excluding steroid dienone is 4. The predicted molar refractivity (Wildman–Crippen MR) is 56.3 cm³/mol. The van der Waals surface area contributed by atoms with Gasteiger partial charge in [-0.15, -0.1) is 0 Å². The number of hydrogen-bond donors (Lipinski definition) is 1. The van der Waals surface area contributed by atoms with E-state index in [0.717, 1.165) is 18.8 Å². The van der Waals surface area contributed by atoms with E-state index in [2.05, 4.69) is 15.1 Å². The van der Waals surface area contributed by atoms with E-state index in [1.165, 1.54) is 0 Å². The van der Waals surface area contributed by atoms with Crippen LogP contribution in [0.4, 0.5) is 0 Å². The van der Waals surface area contributed by atoms with Gasteiger partial charge in [0.1, 0.15) is 0 Å². The SMILES string of the molecule is O=C1CC=CC=C1N1CCN2C=CNC21. The third-order valence-corrected chi connectivity index (χ3v) is 3.01. The van der Waals surface area contributed by atoms with Gasteiger partial charge < -0.3 is 15.1 Å². The van der Waals surface area contributed by atoms with Crippen molar-refractivity contribution in [3.8, 4) is 0 Å². The maximum absolute atomic E-state index is 11.7. The van der Waals surface area contributed by atoms with Gasteiger partial charge in [-0.1, -0.05) is 12.2 Å². The molecule has 0 aromatic heterocycles. The van der Waals surface area contributed by atoms with E-state index in [1.54, 1.807) is 0 Å². The van der Waals surface area contributed by atoms with Crippen LogP contribution in [0.5, 0.6) is 0 Å². The maximum Gasteiger partial charge on any atom is 0.182 e. The number of hydrogen-bond acceptors (Lipinski definition) is 4. The molecule has 3 aliphatic rings. The topological polar surface area (TPSA) is 35.6 Å². The second-order valence-corrected chi connectivity index (χ2v) is 3.89. The zero-order chi connectivity index (χ0) is 10.3. The summed E-state index contributed by atoms with van der Waals surface area (Å²) in [6, 6.07) is 0. The molecular weight excluding hydrogens is 190 g/mol. The van der Waals surface area contributed by atoms with Gasteiger partial charge in [0.05, 0.1) is 5.70 Å². The molecule has 2 aliphatic heterocycles. The van der Waals surface area contributed by atoms with E-state index in [9.17, 15) is 4.79 Å². The van der Waals surface area contributed by atoms with Crippen LogP contribution in [0.25, 0.3) is 0 Å². The number of carbonyl (C=O) groups is 1. The van der Waals surface area contributed by atoms with Crippen molar-refractivity contribution < 1.29 is 4.79 Å². The minimum atomic E-state index is 0.145. The summed E-state index contributed by atoms with van der Waals surface area (Å²) in [6.07, 6.45) is 10.4. The molecule has 1 atom stereocenters. The van der Waals surface area contributed by atoms with Crippen LogP contribution >= 0.6 is 0 Å². The predicted octanol–water partition coefficient (Wildman–Crippen LogP) is 0.375. The first-order valence-corrected chi connectivity index (χ1v) is 5.21. The Bertz CT molecular complexity index is 383. The summed E-state index contributed by atoms with van der Waals surface area (Å²) in [5.41, 5.74) is 0.834. The third kappa shape index (κ3) is 1.25. The molecule has 0 spiro atoms. The Morgan fingerprint density at radius 1 is 1.40 bits per heavy atom. The summed E-state index contributed by atoms with van der Waals surface area (Å²) in [6.45, 7) is 1.88. The molecule has 1 aliphatic carbocycles. The number of Topliss-reactive ketones (excluding diaryl/α,β-unsaturated/α-hetero) is 1. The highest BCUT2D eigenvalue weighted by Crippen LogP contribution is 2.24. The van der Waals surface area contributed by atoms with Crippen LogP contribution in [0.1, 0.15) is 6.42 Å². The summed E-state index contributed by atoms with van der Waals surface area (Å²) in [5, 5.41) is 3.24. The fourth-order valence-corrected chi connectivity index (χ4v) is 2.25. The lowest BCUT2D eigenvalue weighted by Gasteiger charge is -2.28. The van der Waals surface area contributed by atoms with Crippen molar-refractivity contribution in [2.75, 3.05) is 13.1 Å². The highest BCUT2D eigenvalue weighted by Gasteiger charge is 2.35. The highest BCUT2D eigenvalue weighted by molar-refractivity contribution is 5.97. The Morgan fingerprint density at radius 2 is 2.33 bits per heavy atom. The number of fused-ring (bicyclic) bond motifs is 1. The highest BCUT2D eigenvalue weighted by atomic mass is 16.1. The van der Waals surface area contributed by atoms with E-state index in [0.29, 0.717) is 6.42 Å². The average Bonchev–Trinajstić information content (AvgIpc) is 2.80. The fraction of sp³-hybridized carbons (Fsp3) is 0.364. The Morgan fingerprint density at radius 3 is 3.20 bits per heavy atom. The number of carbonyl (C=O) groups excluding carboxylic acids is 1. The van der Waals surface area contributed by atoms with E-state index in [4.69, 9.17) is 0 Å².